The monoisotopic (exact) mass is 286 g/mol. The van der Waals surface area contributed by atoms with Crippen LogP contribution in [-0.4, -0.2) is 27.0 Å². The summed E-state index contributed by atoms with van der Waals surface area (Å²) in [5, 5.41) is 4.54. The standard InChI is InChI=1S/C15H18N4S/c1-19-10-9-16-14(19)7-8-17-15-18-13(11-20-15)12-5-3-2-4-6-12/h2-6,9-10,13H,7-8,11H2,1H3,(H,17,18). The second kappa shape index (κ2) is 6.13. The van der Waals surface area contributed by atoms with E-state index in [4.69, 9.17) is 0 Å². The van der Waals surface area contributed by atoms with Gasteiger partial charge in [-0.15, -0.1) is 0 Å². The lowest BCUT2D eigenvalue weighted by Crippen LogP contribution is -2.19. The zero-order valence-corrected chi connectivity index (χ0v) is 12.3. The molecule has 1 saturated heterocycles. The number of thioether (sulfide) groups is 1. The molecule has 2 aromatic rings. The van der Waals surface area contributed by atoms with Crippen LogP contribution in [-0.2, 0) is 13.5 Å². The minimum atomic E-state index is 0.383. The summed E-state index contributed by atoms with van der Waals surface area (Å²) in [6, 6.07) is 10.9. The summed E-state index contributed by atoms with van der Waals surface area (Å²) >= 11 is 1.80. The van der Waals surface area contributed by atoms with E-state index in [1.54, 1.807) is 11.8 Å². The van der Waals surface area contributed by atoms with Gasteiger partial charge in [-0.1, -0.05) is 42.1 Å². The third-order valence-corrected chi connectivity index (χ3v) is 4.42. The van der Waals surface area contributed by atoms with E-state index in [0.717, 1.165) is 29.7 Å². The zero-order chi connectivity index (χ0) is 13.8. The smallest absolute Gasteiger partial charge is 0.157 e. The van der Waals surface area contributed by atoms with Gasteiger partial charge in [0, 0.05) is 38.2 Å². The van der Waals surface area contributed by atoms with Crippen molar-refractivity contribution < 1.29 is 0 Å². The molecule has 1 unspecified atom stereocenters. The molecule has 4 nitrogen and oxygen atoms in total. The number of hydrogen-bond acceptors (Lipinski definition) is 3. The van der Waals surface area contributed by atoms with Crippen molar-refractivity contribution in [3.8, 4) is 0 Å². The Morgan fingerprint density at radius 2 is 2.25 bits per heavy atom. The molecule has 1 aliphatic rings. The third kappa shape index (κ3) is 3.04. The first kappa shape index (κ1) is 13.2. The number of benzene rings is 1. The van der Waals surface area contributed by atoms with Crippen molar-refractivity contribution in [2.45, 2.75) is 12.5 Å². The Labute approximate surface area is 123 Å². The van der Waals surface area contributed by atoms with E-state index < -0.39 is 0 Å². The molecule has 0 bridgehead atoms. The zero-order valence-electron chi connectivity index (χ0n) is 11.5. The highest BCUT2D eigenvalue weighted by Crippen LogP contribution is 2.25. The number of nitrogens with zero attached hydrogens (tertiary/aromatic N) is 3. The Hall–Kier alpha value is -1.75. The maximum absolute atomic E-state index is 4.63. The van der Waals surface area contributed by atoms with E-state index in [-0.39, 0.29) is 0 Å². The number of nitrogens with one attached hydrogen (secondary N) is 1. The van der Waals surface area contributed by atoms with Crippen LogP contribution < -0.4 is 5.32 Å². The first-order valence-corrected chi connectivity index (χ1v) is 7.76. The molecule has 1 aliphatic heterocycles. The Morgan fingerprint density at radius 1 is 1.40 bits per heavy atom. The summed E-state index contributed by atoms with van der Waals surface area (Å²) in [4.78, 5) is 8.94. The van der Waals surface area contributed by atoms with Gasteiger partial charge in [-0.2, -0.15) is 0 Å². The van der Waals surface area contributed by atoms with Crippen molar-refractivity contribution >= 4 is 16.9 Å². The van der Waals surface area contributed by atoms with Gasteiger partial charge in [0.1, 0.15) is 5.82 Å². The predicted octanol–water partition coefficient (Wildman–Crippen LogP) is 2.40. The number of aliphatic imine (C=N–C) groups is 1. The topological polar surface area (TPSA) is 42.2 Å². The molecule has 1 aromatic carbocycles. The summed E-state index contributed by atoms with van der Waals surface area (Å²) < 4.78 is 2.04. The van der Waals surface area contributed by atoms with Crippen molar-refractivity contribution in [3.05, 3.63) is 54.1 Å². The van der Waals surface area contributed by atoms with E-state index >= 15 is 0 Å². The lowest BCUT2D eigenvalue weighted by molar-refractivity contribution is 0.742. The fraction of sp³-hybridized carbons (Fsp3) is 0.333. The van der Waals surface area contributed by atoms with Gasteiger partial charge < -0.3 is 9.88 Å². The normalized spacial score (nSPS) is 20.2. The molecule has 0 spiro atoms. The van der Waals surface area contributed by atoms with Crippen LogP contribution in [0.3, 0.4) is 0 Å². The number of hydrogen-bond donors (Lipinski definition) is 1. The van der Waals surface area contributed by atoms with Gasteiger partial charge in [0.2, 0.25) is 0 Å². The Kier molecular flexibility index (Phi) is 4.06. The predicted molar refractivity (Wildman–Crippen MR) is 84.0 cm³/mol. The molecule has 1 aromatic heterocycles. The van der Waals surface area contributed by atoms with Crippen LogP contribution in [0, 0.1) is 0 Å². The molecule has 1 N–H and O–H groups in total. The summed E-state index contributed by atoms with van der Waals surface area (Å²) in [7, 11) is 2.02. The minimum absolute atomic E-state index is 0.383. The van der Waals surface area contributed by atoms with Crippen molar-refractivity contribution in [1.82, 2.24) is 14.9 Å². The first-order chi connectivity index (χ1) is 9.83. The van der Waals surface area contributed by atoms with Crippen molar-refractivity contribution in [1.29, 1.82) is 0 Å². The van der Waals surface area contributed by atoms with Crippen LogP contribution in [0.25, 0.3) is 0 Å². The van der Waals surface area contributed by atoms with Crippen LogP contribution in [0.5, 0.6) is 0 Å². The Balaban J connectivity index is 1.55. The van der Waals surface area contributed by atoms with Crippen LogP contribution in [0.2, 0.25) is 0 Å². The number of imidazole rings is 1. The molecular formula is C15H18N4S. The molecule has 0 saturated carbocycles. The van der Waals surface area contributed by atoms with Gasteiger partial charge in [-0.3, -0.25) is 4.99 Å². The fourth-order valence-electron chi connectivity index (χ4n) is 2.25. The van der Waals surface area contributed by atoms with Crippen LogP contribution in [0.1, 0.15) is 17.4 Å². The molecular weight excluding hydrogens is 268 g/mol. The van der Waals surface area contributed by atoms with E-state index in [0.29, 0.717) is 6.04 Å². The maximum atomic E-state index is 4.63. The summed E-state index contributed by atoms with van der Waals surface area (Å²) in [5.74, 6) is 2.13. The second-order valence-corrected chi connectivity index (χ2v) is 5.82. The molecule has 104 valence electrons. The highest BCUT2D eigenvalue weighted by atomic mass is 32.2. The van der Waals surface area contributed by atoms with E-state index in [9.17, 15) is 0 Å². The quantitative estimate of drug-likeness (QED) is 0.938. The molecule has 0 radical (unpaired) electrons. The van der Waals surface area contributed by atoms with Crippen LogP contribution in [0.4, 0.5) is 0 Å². The highest BCUT2D eigenvalue weighted by molar-refractivity contribution is 8.14. The maximum Gasteiger partial charge on any atom is 0.157 e. The van der Waals surface area contributed by atoms with Gasteiger partial charge in [-0.25, -0.2) is 4.98 Å². The van der Waals surface area contributed by atoms with Gasteiger partial charge in [0.25, 0.3) is 0 Å². The molecule has 1 atom stereocenters. The van der Waals surface area contributed by atoms with E-state index in [1.807, 2.05) is 30.1 Å². The second-order valence-electron chi connectivity index (χ2n) is 4.81. The number of aryl methyl sites for hydroxylation is 1. The van der Waals surface area contributed by atoms with E-state index in [1.165, 1.54) is 5.56 Å². The van der Waals surface area contributed by atoms with Crippen LogP contribution in [0.15, 0.2) is 47.7 Å². The van der Waals surface area contributed by atoms with Crippen LogP contribution >= 0.6 is 11.8 Å². The average Bonchev–Trinajstić information content (AvgIpc) is 3.10. The summed E-state index contributed by atoms with van der Waals surface area (Å²) in [6.07, 6.45) is 4.68. The largest absolute Gasteiger partial charge is 0.357 e. The summed E-state index contributed by atoms with van der Waals surface area (Å²) in [6.45, 7) is 0.779. The average molecular weight is 286 g/mol. The number of rotatable bonds is 4. The summed E-state index contributed by atoms with van der Waals surface area (Å²) in [5.41, 5.74) is 1.33. The van der Waals surface area contributed by atoms with Gasteiger partial charge in [0.05, 0.1) is 6.04 Å². The van der Waals surface area contributed by atoms with Gasteiger partial charge >= 0.3 is 0 Å². The molecule has 5 heteroatoms. The molecule has 0 aliphatic carbocycles. The lowest BCUT2D eigenvalue weighted by Gasteiger charge is -2.09. The van der Waals surface area contributed by atoms with Crippen molar-refractivity contribution in [3.63, 3.8) is 0 Å². The number of amidine groups is 1. The van der Waals surface area contributed by atoms with Crippen molar-refractivity contribution in [2.24, 2.45) is 12.0 Å². The lowest BCUT2D eigenvalue weighted by atomic mass is 10.1. The minimum Gasteiger partial charge on any atom is -0.357 e. The molecule has 1 fully saturated rings. The first-order valence-electron chi connectivity index (χ1n) is 6.78. The third-order valence-electron chi connectivity index (χ3n) is 3.40. The molecule has 3 rings (SSSR count). The van der Waals surface area contributed by atoms with E-state index in [2.05, 4.69) is 39.6 Å². The van der Waals surface area contributed by atoms with Gasteiger partial charge in [0.15, 0.2) is 5.17 Å². The molecule has 0 amide bonds. The molecule has 20 heavy (non-hydrogen) atoms. The Morgan fingerprint density at radius 3 is 3.00 bits per heavy atom. The number of aromatic nitrogens is 2. The highest BCUT2D eigenvalue weighted by Gasteiger charge is 2.21. The van der Waals surface area contributed by atoms with Gasteiger partial charge in [-0.05, 0) is 5.56 Å². The fourth-order valence-corrected chi connectivity index (χ4v) is 3.25. The Bertz CT molecular complexity index is 591. The SMILES string of the molecule is Cn1ccnc1CCN=C1NC(c2ccccc2)CS1. The van der Waals surface area contributed by atoms with Crippen molar-refractivity contribution in [2.75, 3.05) is 12.3 Å². The molecule has 2 heterocycles.